The van der Waals surface area contributed by atoms with E-state index in [2.05, 4.69) is 10.3 Å². The molecule has 1 amide bonds. The summed E-state index contributed by atoms with van der Waals surface area (Å²) in [5, 5.41) is 12.5. The number of phenolic OH excluding ortho intramolecular Hbond substituents is 1. The fourth-order valence-electron chi connectivity index (χ4n) is 2.13. The molecule has 1 aromatic carbocycles. The first kappa shape index (κ1) is 14.1. The lowest BCUT2D eigenvalue weighted by molar-refractivity contribution is -0.118. The molecule has 0 aliphatic heterocycles. The Bertz CT molecular complexity index is 624. The normalized spacial score (nSPS) is 10.3. The minimum absolute atomic E-state index is 0.0393. The molecule has 4 heteroatoms. The van der Waals surface area contributed by atoms with E-state index < -0.39 is 0 Å². The van der Waals surface area contributed by atoms with Crippen LogP contribution in [0.2, 0.25) is 0 Å². The van der Waals surface area contributed by atoms with Crippen molar-refractivity contribution in [3.8, 4) is 16.9 Å². The van der Waals surface area contributed by atoms with E-state index in [1.54, 1.807) is 24.5 Å². The number of benzene rings is 1. The molecule has 1 heterocycles. The van der Waals surface area contributed by atoms with Crippen molar-refractivity contribution in [2.75, 3.05) is 6.54 Å². The van der Waals surface area contributed by atoms with E-state index in [1.807, 2.05) is 19.1 Å². The smallest absolute Gasteiger partial charge is 0.216 e. The summed E-state index contributed by atoms with van der Waals surface area (Å²) in [4.78, 5) is 15.1. The third kappa shape index (κ3) is 3.57. The van der Waals surface area contributed by atoms with Crippen LogP contribution in [0, 0.1) is 6.92 Å². The first-order chi connectivity index (χ1) is 9.56. The first-order valence-electron chi connectivity index (χ1n) is 6.54. The SMILES string of the molecule is CC(=O)NCCc1ccc(O)cc1-c1cncc(C)c1. The number of carbonyl (C=O) groups excluding carboxylic acids is 1. The monoisotopic (exact) mass is 270 g/mol. The summed E-state index contributed by atoms with van der Waals surface area (Å²) in [5.74, 6) is 0.187. The van der Waals surface area contributed by atoms with Gasteiger partial charge in [0.1, 0.15) is 5.75 Å². The van der Waals surface area contributed by atoms with Gasteiger partial charge in [-0.2, -0.15) is 0 Å². The van der Waals surface area contributed by atoms with Gasteiger partial charge in [-0.05, 0) is 48.2 Å². The van der Waals surface area contributed by atoms with Crippen molar-refractivity contribution in [3.63, 3.8) is 0 Å². The highest BCUT2D eigenvalue weighted by molar-refractivity contribution is 5.73. The Morgan fingerprint density at radius 1 is 1.30 bits per heavy atom. The molecule has 2 aromatic rings. The largest absolute Gasteiger partial charge is 0.508 e. The standard InChI is InChI=1S/C16H18N2O2/c1-11-7-14(10-17-9-11)16-8-15(20)4-3-13(16)5-6-18-12(2)19/h3-4,7-10,20H,5-6H2,1-2H3,(H,18,19). The maximum atomic E-state index is 10.9. The number of phenols is 1. The van der Waals surface area contributed by atoms with Gasteiger partial charge in [-0.1, -0.05) is 6.07 Å². The summed E-state index contributed by atoms with van der Waals surface area (Å²) in [5.41, 5.74) is 4.06. The van der Waals surface area contributed by atoms with E-state index >= 15 is 0 Å². The molecular weight excluding hydrogens is 252 g/mol. The highest BCUT2D eigenvalue weighted by atomic mass is 16.3. The van der Waals surface area contributed by atoms with Gasteiger partial charge in [-0.15, -0.1) is 0 Å². The number of amides is 1. The van der Waals surface area contributed by atoms with Gasteiger partial charge in [0.2, 0.25) is 5.91 Å². The zero-order valence-corrected chi connectivity index (χ0v) is 11.7. The molecule has 104 valence electrons. The lowest BCUT2D eigenvalue weighted by atomic mass is 9.97. The van der Waals surface area contributed by atoms with Crippen LogP contribution in [0.5, 0.6) is 5.75 Å². The fourth-order valence-corrected chi connectivity index (χ4v) is 2.13. The summed E-state index contributed by atoms with van der Waals surface area (Å²) < 4.78 is 0. The first-order valence-corrected chi connectivity index (χ1v) is 6.54. The van der Waals surface area contributed by atoms with Crippen molar-refractivity contribution in [2.45, 2.75) is 20.3 Å². The number of aryl methyl sites for hydroxylation is 1. The third-order valence-corrected chi connectivity index (χ3v) is 3.05. The minimum Gasteiger partial charge on any atom is -0.508 e. The highest BCUT2D eigenvalue weighted by Gasteiger charge is 2.07. The van der Waals surface area contributed by atoms with E-state index in [9.17, 15) is 9.90 Å². The second-order valence-corrected chi connectivity index (χ2v) is 4.83. The van der Waals surface area contributed by atoms with Crippen LogP contribution < -0.4 is 5.32 Å². The number of nitrogens with zero attached hydrogens (tertiary/aromatic N) is 1. The molecule has 0 saturated carbocycles. The molecule has 0 spiro atoms. The number of hydrogen-bond donors (Lipinski definition) is 2. The van der Waals surface area contributed by atoms with E-state index in [4.69, 9.17) is 0 Å². The van der Waals surface area contributed by atoms with Crippen LogP contribution in [0.4, 0.5) is 0 Å². The summed E-state index contributed by atoms with van der Waals surface area (Å²) >= 11 is 0. The van der Waals surface area contributed by atoms with Crippen LogP contribution in [0.1, 0.15) is 18.1 Å². The summed E-state index contributed by atoms with van der Waals surface area (Å²) in [6.07, 6.45) is 4.29. The molecule has 0 radical (unpaired) electrons. The maximum Gasteiger partial charge on any atom is 0.216 e. The van der Waals surface area contributed by atoms with E-state index in [-0.39, 0.29) is 11.7 Å². The van der Waals surface area contributed by atoms with E-state index in [0.717, 1.165) is 22.3 Å². The van der Waals surface area contributed by atoms with Gasteiger partial charge in [0.05, 0.1) is 0 Å². The molecule has 0 fully saturated rings. The van der Waals surface area contributed by atoms with Gasteiger partial charge < -0.3 is 10.4 Å². The predicted octanol–water partition coefficient (Wildman–Crippen LogP) is 2.44. The Labute approximate surface area is 118 Å². The molecule has 2 rings (SSSR count). The molecule has 1 aromatic heterocycles. The molecule has 0 unspecified atom stereocenters. The summed E-state index contributed by atoms with van der Waals surface area (Å²) in [6.45, 7) is 4.06. The van der Waals surface area contributed by atoms with Crippen LogP contribution in [0.25, 0.3) is 11.1 Å². The van der Waals surface area contributed by atoms with Gasteiger partial charge in [0.25, 0.3) is 0 Å². The Morgan fingerprint density at radius 3 is 2.80 bits per heavy atom. The predicted molar refractivity (Wildman–Crippen MR) is 78.5 cm³/mol. The molecular formula is C16H18N2O2. The number of rotatable bonds is 4. The molecule has 0 aliphatic carbocycles. The molecule has 2 N–H and O–H groups in total. The van der Waals surface area contributed by atoms with E-state index in [1.165, 1.54) is 6.92 Å². The average molecular weight is 270 g/mol. The van der Waals surface area contributed by atoms with Crippen molar-refractivity contribution < 1.29 is 9.90 Å². The maximum absolute atomic E-state index is 10.9. The number of hydrogen-bond acceptors (Lipinski definition) is 3. The molecule has 0 saturated heterocycles. The number of aromatic nitrogens is 1. The molecule has 0 aliphatic rings. The van der Waals surface area contributed by atoms with Crippen molar-refractivity contribution in [1.82, 2.24) is 10.3 Å². The van der Waals surface area contributed by atoms with Crippen molar-refractivity contribution in [2.24, 2.45) is 0 Å². The van der Waals surface area contributed by atoms with Gasteiger partial charge >= 0.3 is 0 Å². The lowest BCUT2D eigenvalue weighted by Crippen LogP contribution is -2.22. The fraction of sp³-hybridized carbons (Fsp3) is 0.250. The number of nitrogens with one attached hydrogen (secondary N) is 1. The third-order valence-electron chi connectivity index (χ3n) is 3.05. The molecule has 0 atom stereocenters. The van der Waals surface area contributed by atoms with Gasteiger partial charge in [0.15, 0.2) is 0 Å². The Kier molecular flexibility index (Phi) is 4.35. The lowest BCUT2D eigenvalue weighted by Gasteiger charge is -2.11. The highest BCUT2D eigenvalue weighted by Crippen LogP contribution is 2.27. The van der Waals surface area contributed by atoms with Gasteiger partial charge in [-0.3, -0.25) is 9.78 Å². The van der Waals surface area contributed by atoms with E-state index in [0.29, 0.717) is 13.0 Å². The zero-order valence-electron chi connectivity index (χ0n) is 11.7. The summed E-state index contributed by atoms with van der Waals surface area (Å²) in [6, 6.07) is 7.31. The second-order valence-electron chi connectivity index (χ2n) is 4.83. The number of pyridine rings is 1. The second kappa shape index (κ2) is 6.19. The topological polar surface area (TPSA) is 62.2 Å². The zero-order chi connectivity index (χ0) is 14.5. The van der Waals surface area contributed by atoms with Crippen LogP contribution >= 0.6 is 0 Å². The van der Waals surface area contributed by atoms with Crippen molar-refractivity contribution in [3.05, 3.63) is 47.8 Å². The van der Waals surface area contributed by atoms with Crippen molar-refractivity contribution in [1.29, 1.82) is 0 Å². The number of carbonyl (C=O) groups is 1. The quantitative estimate of drug-likeness (QED) is 0.897. The van der Waals surface area contributed by atoms with Crippen LogP contribution in [0.3, 0.4) is 0 Å². The molecule has 0 bridgehead atoms. The minimum atomic E-state index is -0.0393. The Hall–Kier alpha value is -2.36. The van der Waals surface area contributed by atoms with Gasteiger partial charge in [-0.25, -0.2) is 0 Å². The molecule has 4 nitrogen and oxygen atoms in total. The van der Waals surface area contributed by atoms with Gasteiger partial charge in [0, 0.05) is 31.4 Å². The summed E-state index contributed by atoms with van der Waals surface area (Å²) in [7, 11) is 0. The van der Waals surface area contributed by atoms with Crippen LogP contribution in [0.15, 0.2) is 36.7 Å². The Balaban J connectivity index is 2.30. The molecule has 20 heavy (non-hydrogen) atoms. The average Bonchev–Trinajstić information content (AvgIpc) is 2.40. The van der Waals surface area contributed by atoms with Crippen LogP contribution in [-0.4, -0.2) is 22.5 Å². The van der Waals surface area contributed by atoms with Crippen molar-refractivity contribution >= 4 is 5.91 Å². The number of aromatic hydroxyl groups is 1. The Morgan fingerprint density at radius 2 is 2.10 bits per heavy atom. The van der Waals surface area contributed by atoms with Crippen LogP contribution in [-0.2, 0) is 11.2 Å².